The number of likely N-dealkylation sites (N-methyl/N-ethyl adjacent to an activating group) is 1. The molecule has 1 N–H and O–H groups in total. The Morgan fingerprint density at radius 2 is 2.26 bits per heavy atom. The topological polar surface area (TPSA) is 24.5 Å². The minimum Gasteiger partial charge on any atom is -0.374 e. The summed E-state index contributed by atoms with van der Waals surface area (Å²) >= 11 is 2.03. The standard InChI is InChI=1S/C15H22N2OS/c1-17(10-13-9-16-6-7-18-13)11-14-8-12-4-2-3-5-15(12)19-14/h2-5,13-14,16H,6-11H2,1H3. The molecule has 0 aliphatic carbocycles. The fourth-order valence-electron chi connectivity index (χ4n) is 2.86. The van der Waals surface area contributed by atoms with Crippen LogP contribution in [-0.4, -0.2) is 56.1 Å². The van der Waals surface area contributed by atoms with Gasteiger partial charge in [0.15, 0.2) is 0 Å². The van der Waals surface area contributed by atoms with Crippen LogP contribution in [0.25, 0.3) is 0 Å². The Hall–Kier alpha value is -0.550. The van der Waals surface area contributed by atoms with Gasteiger partial charge in [-0.1, -0.05) is 18.2 Å². The molecule has 1 aromatic rings. The van der Waals surface area contributed by atoms with Crippen LogP contribution in [0.15, 0.2) is 29.2 Å². The van der Waals surface area contributed by atoms with Crippen molar-refractivity contribution in [3.63, 3.8) is 0 Å². The van der Waals surface area contributed by atoms with Crippen LogP contribution in [0.5, 0.6) is 0 Å². The summed E-state index contributed by atoms with van der Waals surface area (Å²) in [7, 11) is 2.21. The second-order valence-corrected chi connectivity index (χ2v) is 6.81. The Bertz CT molecular complexity index is 395. The van der Waals surface area contributed by atoms with Gasteiger partial charge < -0.3 is 15.0 Å². The van der Waals surface area contributed by atoms with Crippen molar-refractivity contribution in [2.45, 2.75) is 22.7 Å². The van der Waals surface area contributed by atoms with Crippen LogP contribution in [0.2, 0.25) is 0 Å². The number of fused-ring (bicyclic) bond motifs is 1. The van der Waals surface area contributed by atoms with Crippen molar-refractivity contribution in [2.75, 3.05) is 39.8 Å². The van der Waals surface area contributed by atoms with Crippen LogP contribution in [0.1, 0.15) is 5.56 Å². The summed E-state index contributed by atoms with van der Waals surface area (Å²) in [5.41, 5.74) is 1.52. The van der Waals surface area contributed by atoms with Gasteiger partial charge in [-0.25, -0.2) is 0 Å². The van der Waals surface area contributed by atoms with Gasteiger partial charge in [0.1, 0.15) is 0 Å². The van der Waals surface area contributed by atoms with Crippen LogP contribution in [0.3, 0.4) is 0 Å². The molecule has 4 heteroatoms. The molecular weight excluding hydrogens is 256 g/mol. The summed E-state index contributed by atoms with van der Waals surface area (Å²) < 4.78 is 5.76. The molecule has 0 radical (unpaired) electrons. The fourth-order valence-corrected chi connectivity index (χ4v) is 4.27. The largest absolute Gasteiger partial charge is 0.374 e. The molecule has 0 aromatic heterocycles. The van der Waals surface area contributed by atoms with E-state index in [1.807, 2.05) is 11.8 Å². The monoisotopic (exact) mass is 278 g/mol. The SMILES string of the molecule is CN(CC1CNCCO1)CC1Cc2ccccc2S1. The highest BCUT2D eigenvalue weighted by atomic mass is 32.2. The van der Waals surface area contributed by atoms with E-state index in [-0.39, 0.29) is 0 Å². The van der Waals surface area contributed by atoms with Gasteiger partial charge in [0.25, 0.3) is 0 Å². The Balaban J connectivity index is 1.47. The molecular formula is C15H22N2OS. The van der Waals surface area contributed by atoms with Crippen molar-refractivity contribution < 1.29 is 4.74 Å². The van der Waals surface area contributed by atoms with E-state index in [4.69, 9.17) is 4.74 Å². The molecule has 1 fully saturated rings. The summed E-state index contributed by atoms with van der Waals surface area (Å²) in [4.78, 5) is 3.89. The third-order valence-electron chi connectivity index (χ3n) is 3.75. The highest BCUT2D eigenvalue weighted by Gasteiger charge is 2.24. The highest BCUT2D eigenvalue weighted by Crippen LogP contribution is 2.36. The molecule has 0 spiro atoms. The lowest BCUT2D eigenvalue weighted by atomic mass is 10.1. The number of morpholine rings is 1. The zero-order valence-corrected chi connectivity index (χ0v) is 12.3. The first-order chi connectivity index (χ1) is 9.31. The zero-order valence-electron chi connectivity index (χ0n) is 11.5. The van der Waals surface area contributed by atoms with Crippen molar-refractivity contribution in [1.29, 1.82) is 0 Å². The lowest BCUT2D eigenvalue weighted by molar-refractivity contribution is 0.0102. The third-order valence-corrected chi connectivity index (χ3v) is 5.05. The second-order valence-electron chi connectivity index (χ2n) is 5.47. The number of hydrogen-bond acceptors (Lipinski definition) is 4. The first-order valence-electron chi connectivity index (χ1n) is 7.06. The van der Waals surface area contributed by atoms with Crippen LogP contribution in [0.4, 0.5) is 0 Å². The maximum Gasteiger partial charge on any atom is 0.0826 e. The second kappa shape index (κ2) is 6.27. The van der Waals surface area contributed by atoms with Crippen molar-refractivity contribution in [3.05, 3.63) is 29.8 Å². The number of rotatable bonds is 4. The molecule has 104 valence electrons. The first kappa shape index (κ1) is 13.4. The molecule has 1 saturated heterocycles. The molecule has 19 heavy (non-hydrogen) atoms. The molecule has 1 aromatic carbocycles. The quantitative estimate of drug-likeness (QED) is 0.904. The number of hydrogen-bond donors (Lipinski definition) is 1. The van der Waals surface area contributed by atoms with E-state index in [0.717, 1.165) is 32.8 Å². The van der Waals surface area contributed by atoms with Gasteiger partial charge in [-0.15, -0.1) is 11.8 Å². The molecule has 0 saturated carbocycles. The zero-order chi connectivity index (χ0) is 13.1. The summed E-state index contributed by atoms with van der Waals surface area (Å²) in [6.45, 7) is 5.00. The van der Waals surface area contributed by atoms with Crippen molar-refractivity contribution >= 4 is 11.8 Å². The normalized spacial score (nSPS) is 26.6. The average Bonchev–Trinajstić information content (AvgIpc) is 2.81. The summed E-state index contributed by atoms with van der Waals surface area (Å²) in [5.74, 6) is 0. The molecule has 2 heterocycles. The first-order valence-corrected chi connectivity index (χ1v) is 7.94. The third kappa shape index (κ3) is 3.51. The van der Waals surface area contributed by atoms with Crippen LogP contribution < -0.4 is 5.32 Å². The van der Waals surface area contributed by atoms with E-state index in [2.05, 4.69) is 41.5 Å². The molecule has 2 aliphatic rings. The van der Waals surface area contributed by atoms with Gasteiger partial charge >= 0.3 is 0 Å². The molecule has 2 unspecified atom stereocenters. The number of benzene rings is 1. The molecule has 2 atom stereocenters. The molecule has 2 aliphatic heterocycles. The van der Waals surface area contributed by atoms with Gasteiger partial charge in [-0.05, 0) is 25.1 Å². The van der Waals surface area contributed by atoms with Crippen LogP contribution in [0, 0.1) is 0 Å². The minimum atomic E-state index is 0.354. The fraction of sp³-hybridized carbons (Fsp3) is 0.600. The van der Waals surface area contributed by atoms with Gasteiger partial charge in [0, 0.05) is 36.3 Å². The van der Waals surface area contributed by atoms with Crippen LogP contribution >= 0.6 is 11.8 Å². The predicted molar refractivity (Wildman–Crippen MR) is 79.9 cm³/mol. The Kier molecular flexibility index (Phi) is 4.43. The van der Waals surface area contributed by atoms with E-state index in [9.17, 15) is 0 Å². The van der Waals surface area contributed by atoms with Gasteiger partial charge in [-0.3, -0.25) is 0 Å². The van der Waals surface area contributed by atoms with E-state index < -0.39 is 0 Å². The maximum atomic E-state index is 5.76. The molecule has 3 nitrogen and oxygen atoms in total. The average molecular weight is 278 g/mol. The smallest absolute Gasteiger partial charge is 0.0826 e. The van der Waals surface area contributed by atoms with Gasteiger partial charge in [0.05, 0.1) is 12.7 Å². The number of nitrogens with one attached hydrogen (secondary N) is 1. The van der Waals surface area contributed by atoms with E-state index in [0.29, 0.717) is 11.4 Å². The maximum absolute atomic E-state index is 5.76. The minimum absolute atomic E-state index is 0.354. The van der Waals surface area contributed by atoms with E-state index >= 15 is 0 Å². The van der Waals surface area contributed by atoms with Crippen molar-refractivity contribution in [3.8, 4) is 0 Å². The highest BCUT2D eigenvalue weighted by molar-refractivity contribution is 8.00. The lowest BCUT2D eigenvalue weighted by Crippen LogP contribution is -2.45. The van der Waals surface area contributed by atoms with Crippen molar-refractivity contribution in [2.24, 2.45) is 0 Å². The Morgan fingerprint density at radius 3 is 3.05 bits per heavy atom. The molecule has 3 rings (SSSR count). The molecule has 0 bridgehead atoms. The number of nitrogens with zero attached hydrogens (tertiary/aromatic N) is 1. The number of ether oxygens (including phenoxy) is 1. The van der Waals surface area contributed by atoms with E-state index in [1.165, 1.54) is 16.9 Å². The van der Waals surface area contributed by atoms with E-state index in [1.54, 1.807) is 0 Å². The van der Waals surface area contributed by atoms with Gasteiger partial charge in [-0.2, -0.15) is 0 Å². The van der Waals surface area contributed by atoms with Crippen molar-refractivity contribution in [1.82, 2.24) is 10.2 Å². The summed E-state index contributed by atoms with van der Waals surface area (Å²) in [5, 5.41) is 4.08. The summed E-state index contributed by atoms with van der Waals surface area (Å²) in [6, 6.07) is 8.79. The predicted octanol–water partition coefficient (Wildman–Crippen LogP) is 1.62. The van der Waals surface area contributed by atoms with Gasteiger partial charge in [0.2, 0.25) is 0 Å². The Labute approximate surface area is 119 Å². The van der Waals surface area contributed by atoms with Crippen LogP contribution in [-0.2, 0) is 11.2 Å². The molecule has 0 amide bonds. The Morgan fingerprint density at radius 1 is 1.37 bits per heavy atom. The number of thioether (sulfide) groups is 1. The summed E-state index contributed by atoms with van der Waals surface area (Å²) in [6.07, 6.45) is 1.56. The lowest BCUT2D eigenvalue weighted by Gasteiger charge is -2.29.